The Kier molecular flexibility index (Phi) is 5.15. The first-order valence-electron chi connectivity index (χ1n) is 7.43. The second-order valence-electron chi connectivity index (χ2n) is 5.48. The summed E-state index contributed by atoms with van der Waals surface area (Å²) < 4.78 is 3.45. The molecule has 0 spiro atoms. The Hall–Kier alpha value is -2.64. The fourth-order valence-electron chi connectivity index (χ4n) is 2.19. The van der Waals surface area contributed by atoms with Crippen LogP contribution in [0.1, 0.15) is 27.6 Å². The number of nitrogens with zero attached hydrogens (tertiary/aromatic N) is 4. The van der Waals surface area contributed by atoms with Crippen LogP contribution < -0.4 is 10.6 Å². The van der Waals surface area contributed by atoms with Crippen molar-refractivity contribution in [3.05, 3.63) is 34.9 Å². The molecule has 0 aromatic carbocycles. The zero-order valence-electron chi connectivity index (χ0n) is 13.9. The van der Waals surface area contributed by atoms with Gasteiger partial charge < -0.3 is 10.6 Å². The lowest BCUT2D eigenvalue weighted by Crippen LogP contribution is -2.38. The maximum atomic E-state index is 11.9. The van der Waals surface area contributed by atoms with Crippen LogP contribution in [0.5, 0.6) is 0 Å². The van der Waals surface area contributed by atoms with Crippen LogP contribution in [0.2, 0.25) is 0 Å². The van der Waals surface area contributed by atoms with Gasteiger partial charge in [0, 0.05) is 25.0 Å². The molecule has 0 saturated heterocycles. The van der Waals surface area contributed by atoms with Crippen molar-refractivity contribution < 1.29 is 9.59 Å². The van der Waals surface area contributed by atoms with E-state index in [1.165, 1.54) is 0 Å². The van der Waals surface area contributed by atoms with E-state index >= 15 is 0 Å². The lowest BCUT2D eigenvalue weighted by Gasteiger charge is -2.07. The minimum atomic E-state index is -0.359. The van der Waals surface area contributed by atoms with Crippen molar-refractivity contribution in [2.24, 2.45) is 7.05 Å². The van der Waals surface area contributed by atoms with Crippen LogP contribution in [0.25, 0.3) is 0 Å². The number of carbonyl (C=O) groups is 2. The Morgan fingerprint density at radius 1 is 1.09 bits per heavy atom. The lowest BCUT2D eigenvalue weighted by atomic mass is 10.3. The second-order valence-corrected chi connectivity index (χ2v) is 5.48. The first-order chi connectivity index (χ1) is 10.9. The van der Waals surface area contributed by atoms with Gasteiger partial charge in [-0.15, -0.1) is 0 Å². The summed E-state index contributed by atoms with van der Waals surface area (Å²) in [5.41, 5.74) is 3.19. The molecule has 2 amide bonds. The van der Waals surface area contributed by atoms with E-state index in [-0.39, 0.29) is 18.4 Å². The minimum absolute atomic E-state index is 0.0778. The highest BCUT2D eigenvalue weighted by atomic mass is 16.2. The average molecular weight is 318 g/mol. The molecule has 0 saturated carbocycles. The summed E-state index contributed by atoms with van der Waals surface area (Å²) in [6, 6.07) is 3.66. The number of aromatic nitrogens is 4. The van der Waals surface area contributed by atoms with Crippen LogP contribution >= 0.6 is 0 Å². The predicted molar refractivity (Wildman–Crippen MR) is 85.0 cm³/mol. The van der Waals surface area contributed by atoms with Crippen molar-refractivity contribution in [1.82, 2.24) is 30.2 Å². The molecule has 23 heavy (non-hydrogen) atoms. The van der Waals surface area contributed by atoms with Gasteiger partial charge in [0.05, 0.1) is 18.8 Å². The zero-order chi connectivity index (χ0) is 17.0. The van der Waals surface area contributed by atoms with Gasteiger partial charge >= 0.3 is 0 Å². The van der Waals surface area contributed by atoms with Gasteiger partial charge in [-0.25, -0.2) is 0 Å². The van der Waals surface area contributed by atoms with Gasteiger partial charge in [-0.3, -0.25) is 19.0 Å². The Labute approximate surface area is 134 Å². The van der Waals surface area contributed by atoms with Gasteiger partial charge in [0.15, 0.2) is 0 Å². The molecule has 0 fully saturated rings. The first kappa shape index (κ1) is 16.7. The highest BCUT2D eigenvalue weighted by molar-refractivity contribution is 5.94. The predicted octanol–water partition coefficient (Wildman–Crippen LogP) is 0.0881. The largest absolute Gasteiger partial charge is 0.353 e. The van der Waals surface area contributed by atoms with Crippen LogP contribution in [-0.4, -0.2) is 44.5 Å². The normalized spacial score (nSPS) is 10.6. The highest BCUT2D eigenvalue weighted by Gasteiger charge is 2.12. The van der Waals surface area contributed by atoms with Crippen LogP contribution in [0.4, 0.5) is 0 Å². The van der Waals surface area contributed by atoms with Crippen LogP contribution in [0.15, 0.2) is 12.1 Å². The van der Waals surface area contributed by atoms with Crippen molar-refractivity contribution in [3.63, 3.8) is 0 Å². The molecule has 0 aliphatic carbocycles. The number of carbonyl (C=O) groups excluding carboxylic acids is 2. The summed E-state index contributed by atoms with van der Waals surface area (Å²) >= 11 is 0. The number of nitrogens with one attached hydrogen (secondary N) is 2. The quantitative estimate of drug-likeness (QED) is 0.789. The van der Waals surface area contributed by atoms with Gasteiger partial charge in [-0.1, -0.05) is 0 Å². The SMILES string of the molecule is Cc1cc(C)n(CCNC(=O)CNC(=O)c2cc(C)n(C)n2)n1. The molecular weight excluding hydrogens is 296 g/mol. The Balaban J connectivity index is 1.72. The summed E-state index contributed by atoms with van der Waals surface area (Å²) in [5, 5.41) is 13.7. The number of aryl methyl sites for hydroxylation is 4. The third kappa shape index (κ3) is 4.41. The van der Waals surface area contributed by atoms with E-state index in [0.717, 1.165) is 17.1 Å². The first-order valence-corrected chi connectivity index (χ1v) is 7.43. The van der Waals surface area contributed by atoms with Crippen molar-refractivity contribution >= 4 is 11.8 Å². The zero-order valence-corrected chi connectivity index (χ0v) is 13.9. The molecule has 0 aliphatic heterocycles. The summed E-state index contributed by atoms with van der Waals surface area (Å²) in [4.78, 5) is 23.6. The summed E-state index contributed by atoms with van der Waals surface area (Å²) in [7, 11) is 1.76. The van der Waals surface area contributed by atoms with E-state index in [9.17, 15) is 9.59 Å². The van der Waals surface area contributed by atoms with Crippen molar-refractivity contribution in [2.45, 2.75) is 27.3 Å². The Bertz CT molecular complexity index is 696. The molecule has 0 atom stereocenters. The van der Waals surface area contributed by atoms with Gasteiger partial charge in [-0.05, 0) is 32.9 Å². The lowest BCUT2D eigenvalue weighted by molar-refractivity contribution is -0.120. The fraction of sp³-hybridized carbons (Fsp3) is 0.467. The van der Waals surface area contributed by atoms with Crippen LogP contribution in [0.3, 0.4) is 0 Å². The van der Waals surface area contributed by atoms with Crippen LogP contribution in [0, 0.1) is 20.8 Å². The van der Waals surface area contributed by atoms with E-state index < -0.39 is 0 Å². The van der Waals surface area contributed by atoms with Gasteiger partial charge in [0.25, 0.3) is 5.91 Å². The summed E-state index contributed by atoms with van der Waals surface area (Å²) in [6.45, 7) is 6.73. The van der Waals surface area contributed by atoms with Crippen molar-refractivity contribution in [3.8, 4) is 0 Å². The molecule has 2 N–H and O–H groups in total. The molecular formula is C15H22N6O2. The maximum Gasteiger partial charge on any atom is 0.272 e. The molecule has 2 rings (SSSR count). The molecule has 0 aliphatic rings. The minimum Gasteiger partial charge on any atom is -0.353 e. The maximum absolute atomic E-state index is 11.9. The van der Waals surface area contributed by atoms with Crippen molar-refractivity contribution in [1.29, 1.82) is 0 Å². The highest BCUT2D eigenvalue weighted by Crippen LogP contribution is 2.01. The molecule has 0 unspecified atom stereocenters. The molecule has 2 heterocycles. The van der Waals surface area contributed by atoms with Gasteiger partial charge in [0.1, 0.15) is 5.69 Å². The monoisotopic (exact) mass is 318 g/mol. The summed E-state index contributed by atoms with van der Waals surface area (Å²) in [6.07, 6.45) is 0. The van der Waals surface area contributed by atoms with Gasteiger partial charge in [0.2, 0.25) is 5.91 Å². The summed E-state index contributed by atoms with van der Waals surface area (Å²) in [5.74, 6) is -0.602. The molecule has 8 heteroatoms. The average Bonchev–Trinajstić information content (AvgIpc) is 2.99. The van der Waals surface area contributed by atoms with Crippen LogP contribution in [-0.2, 0) is 18.4 Å². The molecule has 2 aromatic heterocycles. The molecule has 2 aromatic rings. The van der Waals surface area contributed by atoms with E-state index in [4.69, 9.17) is 0 Å². The standard InChI is InChI=1S/C15H22N6O2/c1-10-7-12(3)21(18-10)6-5-16-14(22)9-17-15(23)13-8-11(2)20(4)19-13/h7-8H,5-6,9H2,1-4H3,(H,16,22)(H,17,23). The molecule has 8 nitrogen and oxygen atoms in total. The van der Waals surface area contributed by atoms with E-state index in [1.54, 1.807) is 17.8 Å². The Morgan fingerprint density at radius 2 is 1.83 bits per heavy atom. The third-order valence-electron chi connectivity index (χ3n) is 3.51. The Morgan fingerprint density at radius 3 is 2.39 bits per heavy atom. The van der Waals surface area contributed by atoms with Gasteiger partial charge in [-0.2, -0.15) is 10.2 Å². The number of rotatable bonds is 6. The number of amides is 2. The number of hydrogen-bond acceptors (Lipinski definition) is 4. The second kappa shape index (κ2) is 7.08. The fourth-order valence-corrected chi connectivity index (χ4v) is 2.19. The smallest absolute Gasteiger partial charge is 0.272 e. The molecule has 124 valence electrons. The van der Waals surface area contributed by atoms with E-state index in [1.807, 2.05) is 31.5 Å². The third-order valence-corrected chi connectivity index (χ3v) is 3.51. The topological polar surface area (TPSA) is 93.8 Å². The van der Waals surface area contributed by atoms with E-state index in [0.29, 0.717) is 18.8 Å². The number of hydrogen-bond donors (Lipinski definition) is 2. The van der Waals surface area contributed by atoms with E-state index in [2.05, 4.69) is 20.8 Å². The molecule has 0 bridgehead atoms. The molecule has 0 radical (unpaired) electrons. The van der Waals surface area contributed by atoms with Crippen molar-refractivity contribution in [2.75, 3.05) is 13.1 Å².